The quantitative estimate of drug-likeness (QED) is 0.811. The molecule has 2 unspecified atom stereocenters. The van der Waals surface area contributed by atoms with Crippen molar-refractivity contribution < 1.29 is 0 Å². The smallest absolute Gasteiger partial charge is 0.0192 e. The summed E-state index contributed by atoms with van der Waals surface area (Å²) in [6.45, 7) is 5.91. The maximum atomic E-state index is 3.71. The van der Waals surface area contributed by atoms with E-state index in [1.807, 2.05) is 0 Å². The Morgan fingerprint density at radius 2 is 2.11 bits per heavy atom. The fraction of sp³-hybridized carbons (Fsp3) is 0.765. The molecule has 0 spiro atoms. The normalized spacial score (nSPS) is 29.2. The summed E-state index contributed by atoms with van der Waals surface area (Å²) in [6, 6.07) is 0.674. The molecule has 2 nitrogen and oxygen atoms in total. The van der Waals surface area contributed by atoms with E-state index in [1.165, 1.54) is 58.0 Å². The Balaban J connectivity index is 1.68. The van der Waals surface area contributed by atoms with Gasteiger partial charge in [-0.15, -0.1) is 0 Å². The average Bonchev–Trinajstić information content (AvgIpc) is 2.55. The van der Waals surface area contributed by atoms with E-state index in [0.717, 1.165) is 12.5 Å². The van der Waals surface area contributed by atoms with Gasteiger partial charge >= 0.3 is 0 Å². The van der Waals surface area contributed by atoms with E-state index in [9.17, 15) is 0 Å². The first-order chi connectivity index (χ1) is 9.36. The van der Waals surface area contributed by atoms with Crippen LogP contribution < -0.4 is 10.6 Å². The Kier molecular flexibility index (Phi) is 6.66. The number of rotatable bonds is 4. The fourth-order valence-corrected chi connectivity index (χ4v) is 3.08. The van der Waals surface area contributed by atoms with Crippen molar-refractivity contribution >= 4 is 0 Å². The van der Waals surface area contributed by atoms with Gasteiger partial charge in [0.05, 0.1) is 0 Å². The van der Waals surface area contributed by atoms with Crippen LogP contribution in [-0.4, -0.2) is 25.7 Å². The van der Waals surface area contributed by atoms with Gasteiger partial charge in [-0.2, -0.15) is 0 Å². The number of hydrogen-bond acceptors (Lipinski definition) is 2. The van der Waals surface area contributed by atoms with Crippen LogP contribution >= 0.6 is 0 Å². The van der Waals surface area contributed by atoms with Crippen molar-refractivity contribution in [1.29, 1.82) is 0 Å². The van der Waals surface area contributed by atoms with Crippen LogP contribution in [0.5, 0.6) is 0 Å². The van der Waals surface area contributed by atoms with E-state index in [2.05, 4.69) is 35.8 Å². The van der Waals surface area contributed by atoms with Gasteiger partial charge in [0, 0.05) is 12.6 Å². The highest BCUT2D eigenvalue weighted by Crippen LogP contribution is 2.24. The Morgan fingerprint density at radius 1 is 1.21 bits per heavy atom. The van der Waals surface area contributed by atoms with Crippen molar-refractivity contribution in [3.05, 3.63) is 23.8 Å². The standard InChI is InChI=1S/C17H30N2/c1-15-8-3-4-9-16(15)10-7-11-17-14-18-12-5-2-6-13-19-17/h3-4,9,15,17-19H,2,5-8,10-14H2,1H3. The summed E-state index contributed by atoms with van der Waals surface area (Å²) in [5, 5.41) is 7.30. The monoisotopic (exact) mass is 262 g/mol. The van der Waals surface area contributed by atoms with Crippen LogP contribution in [0.1, 0.15) is 51.9 Å². The fourth-order valence-electron chi connectivity index (χ4n) is 3.08. The summed E-state index contributed by atoms with van der Waals surface area (Å²) >= 11 is 0. The second-order valence-corrected chi connectivity index (χ2v) is 6.11. The highest BCUT2D eigenvalue weighted by atomic mass is 15.0. The van der Waals surface area contributed by atoms with Crippen molar-refractivity contribution in [2.24, 2.45) is 5.92 Å². The third-order valence-corrected chi connectivity index (χ3v) is 4.44. The van der Waals surface area contributed by atoms with Crippen LogP contribution in [0.3, 0.4) is 0 Å². The van der Waals surface area contributed by atoms with Crippen molar-refractivity contribution in [2.75, 3.05) is 19.6 Å². The van der Waals surface area contributed by atoms with Crippen LogP contribution in [0, 0.1) is 5.92 Å². The van der Waals surface area contributed by atoms with E-state index in [-0.39, 0.29) is 0 Å². The molecule has 1 fully saturated rings. The topological polar surface area (TPSA) is 24.1 Å². The molecule has 1 heterocycles. The van der Waals surface area contributed by atoms with E-state index in [4.69, 9.17) is 0 Å². The van der Waals surface area contributed by atoms with Gasteiger partial charge < -0.3 is 10.6 Å². The second-order valence-electron chi connectivity index (χ2n) is 6.11. The molecule has 0 bridgehead atoms. The van der Waals surface area contributed by atoms with Crippen LogP contribution in [-0.2, 0) is 0 Å². The summed E-state index contributed by atoms with van der Waals surface area (Å²) in [4.78, 5) is 0. The lowest BCUT2D eigenvalue weighted by molar-refractivity contribution is 0.446. The first-order valence-corrected chi connectivity index (χ1v) is 8.16. The minimum absolute atomic E-state index is 0.674. The maximum Gasteiger partial charge on any atom is 0.0192 e. The first kappa shape index (κ1) is 14.8. The Bertz CT molecular complexity index is 296. The molecule has 0 radical (unpaired) electrons. The third kappa shape index (κ3) is 5.50. The molecule has 19 heavy (non-hydrogen) atoms. The molecule has 2 rings (SSSR count). The minimum Gasteiger partial charge on any atom is -0.315 e. The van der Waals surface area contributed by atoms with Gasteiger partial charge in [0.1, 0.15) is 0 Å². The molecule has 1 aliphatic heterocycles. The molecular formula is C17H30N2. The van der Waals surface area contributed by atoms with Crippen molar-refractivity contribution in [2.45, 2.75) is 57.9 Å². The predicted octanol–water partition coefficient (Wildman–Crippen LogP) is 3.41. The Hall–Kier alpha value is -0.600. The molecule has 1 saturated heterocycles. The Morgan fingerprint density at radius 3 is 3.00 bits per heavy atom. The third-order valence-electron chi connectivity index (χ3n) is 4.44. The molecule has 0 saturated carbocycles. The van der Waals surface area contributed by atoms with Gasteiger partial charge in [0.25, 0.3) is 0 Å². The highest BCUT2D eigenvalue weighted by Gasteiger charge is 2.12. The first-order valence-electron chi connectivity index (χ1n) is 8.16. The molecule has 2 aliphatic rings. The lowest BCUT2D eigenvalue weighted by Gasteiger charge is -2.20. The van der Waals surface area contributed by atoms with Gasteiger partial charge in [-0.3, -0.25) is 0 Å². The molecule has 2 atom stereocenters. The van der Waals surface area contributed by atoms with E-state index in [1.54, 1.807) is 5.57 Å². The molecule has 0 aromatic rings. The van der Waals surface area contributed by atoms with Crippen molar-refractivity contribution in [1.82, 2.24) is 10.6 Å². The zero-order chi connectivity index (χ0) is 13.3. The Labute approximate surface area is 118 Å². The van der Waals surface area contributed by atoms with Gasteiger partial charge in [-0.25, -0.2) is 0 Å². The second kappa shape index (κ2) is 8.55. The van der Waals surface area contributed by atoms with Crippen LogP contribution in [0.4, 0.5) is 0 Å². The molecule has 0 amide bonds. The molecule has 108 valence electrons. The number of allylic oxidation sites excluding steroid dienone is 4. The molecular weight excluding hydrogens is 232 g/mol. The highest BCUT2D eigenvalue weighted by molar-refractivity contribution is 5.20. The molecule has 0 aromatic heterocycles. The van der Waals surface area contributed by atoms with Crippen LogP contribution in [0.25, 0.3) is 0 Å². The lowest BCUT2D eigenvalue weighted by Crippen LogP contribution is -2.38. The molecule has 2 heteroatoms. The molecule has 0 aromatic carbocycles. The summed E-state index contributed by atoms with van der Waals surface area (Å²) in [6.07, 6.45) is 16.0. The van der Waals surface area contributed by atoms with E-state index >= 15 is 0 Å². The minimum atomic E-state index is 0.674. The van der Waals surface area contributed by atoms with Gasteiger partial charge in [-0.05, 0) is 57.5 Å². The van der Waals surface area contributed by atoms with E-state index in [0.29, 0.717) is 6.04 Å². The summed E-state index contributed by atoms with van der Waals surface area (Å²) in [7, 11) is 0. The van der Waals surface area contributed by atoms with Crippen molar-refractivity contribution in [3.63, 3.8) is 0 Å². The number of hydrogen-bond donors (Lipinski definition) is 2. The van der Waals surface area contributed by atoms with Gasteiger partial charge in [0.15, 0.2) is 0 Å². The van der Waals surface area contributed by atoms with Gasteiger partial charge in [-0.1, -0.05) is 37.1 Å². The molecule has 2 N–H and O–H groups in total. The summed E-state index contributed by atoms with van der Waals surface area (Å²) < 4.78 is 0. The van der Waals surface area contributed by atoms with Crippen LogP contribution in [0.2, 0.25) is 0 Å². The summed E-state index contributed by atoms with van der Waals surface area (Å²) in [5.41, 5.74) is 1.65. The predicted molar refractivity (Wildman–Crippen MR) is 83.4 cm³/mol. The largest absolute Gasteiger partial charge is 0.315 e. The SMILES string of the molecule is CC1CC=CC=C1CCCC1CNCCCCCN1. The zero-order valence-electron chi connectivity index (χ0n) is 12.5. The lowest BCUT2D eigenvalue weighted by atomic mass is 9.89. The zero-order valence-corrected chi connectivity index (χ0v) is 12.5. The van der Waals surface area contributed by atoms with Gasteiger partial charge in [0.2, 0.25) is 0 Å². The number of nitrogens with one attached hydrogen (secondary N) is 2. The van der Waals surface area contributed by atoms with E-state index < -0.39 is 0 Å². The van der Waals surface area contributed by atoms with Crippen molar-refractivity contribution in [3.8, 4) is 0 Å². The average molecular weight is 262 g/mol. The maximum absolute atomic E-state index is 3.71. The molecule has 1 aliphatic carbocycles. The summed E-state index contributed by atoms with van der Waals surface area (Å²) in [5.74, 6) is 0.761. The van der Waals surface area contributed by atoms with Crippen LogP contribution in [0.15, 0.2) is 23.8 Å².